The molecule has 0 radical (unpaired) electrons. The fraction of sp³-hybridized carbons (Fsp3) is 0.423. The summed E-state index contributed by atoms with van der Waals surface area (Å²) in [7, 11) is 1.57. The molecule has 0 spiro atoms. The number of ether oxygens (including phenoxy) is 5. The van der Waals surface area contributed by atoms with Crippen LogP contribution in [-0.2, 0) is 20.7 Å². The standard InChI is InChI=1S/C26H34O7/c1-4-6-14-31-25-18-20(8-12-26(28)33-17-16-30-5-2)7-11-23(25)32-15-13-21-9-10-22(27)19-24(21)29-3/h7-12,18-19,27H,4-6,13-17H2,1-3H3/b12-8+. The number of benzene rings is 2. The third-order valence-electron chi connectivity index (χ3n) is 4.71. The number of hydrogen-bond acceptors (Lipinski definition) is 7. The highest BCUT2D eigenvalue weighted by atomic mass is 16.6. The molecule has 0 aliphatic heterocycles. The van der Waals surface area contributed by atoms with Crippen molar-refractivity contribution in [1.29, 1.82) is 0 Å². The first-order valence-corrected chi connectivity index (χ1v) is 11.3. The summed E-state index contributed by atoms with van der Waals surface area (Å²) in [6, 6.07) is 10.5. The smallest absolute Gasteiger partial charge is 0.330 e. The highest BCUT2D eigenvalue weighted by Crippen LogP contribution is 2.30. The number of esters is 1. The third-order valence-corrected chi connectivity index (χ3v) is 4.71. The zero-order valence-electron chi connectivity index (χ0n) is 19.7. The van der Waals surface area contributed by atoms with Crippen molar-refractivity contribution in [2.45, 2.75) is 33.1 Å². The van der Waals surface area contributed by atoms with E-state index in [1.807, 2.05) is 31.2 Å². The maximum Gasteiger partial charge on any atom is 0.330 e. The second-order valence-corrected chi connectivity index (χ2v) is 7.20. The number of hydrogen-bond donors (Lipinski definition) is 1. The van der Waals surface area contributed by atoms with E-state index in [4.69, 9.17) is 23.7 Å². The lowest BCUT2D eigenvalue weighted by molar-refractivity contribution is -0.139. The Bertz CT molecular complexity index is 892. The normalized spacial score (nSPS) is 10.9. The zero-order chi connectivity index (χ0) is 23.9. The molecule has 0 aliphatic carbocycles. The second-order valence-electron chi connectivity index (χ2n) is 7.20. The summed E-state index contributed by atoms with van der Waals surface area (Å²) in [5.74, 6) is 1.59. The van der Waals surface area contributed by atoms with E-state index in [1.54, 1.807) is 25.3 Å². The van der Waals surface area contributed by atoms with E-state index >= 15 is 0 Å². The van der Waals surface area contributed by atoms with Gasteiger partial charge in [-0.05, 0) is 48.7 Å². The minimum absolute atomic E-state index is 0.157. The molecule has 7 nitrogen and oxygen atoms in total. The lowest BCUT2D eigenvalue weighted by Gasteiger charge is -2.14. The number of carbonyl (C=O) groups excluding carboxylic acids is 1. The van der Waals surface area contributed by atoms with Gasteiger partial charge in [-0.1, -0.05) is 25.5 Å². The Labute approximate surface area is 195 Å². The average Bonchev–Trinajstić information content (AvgIpc) is 2.82. The molecule has 0 heterocycles. The van der Waals surface area contributed by atoms with Crippen LogP contribution >= 0.6 is 0 Å². The third kappa shape index (κ3) is 9.45. The maximum absolute atomic E-state index is 11.8. The Balaban J connectivity index is 2.01. The van der Waals surface area contributed by atoms with Gasteiger partial charge in [0.2, 0.25) is 0 Å². The quantitative estimate of drug-likeness (QED) is 0.233. The van der Waals surface area contributed by atoms with Crippen LogP contribution in [0.1, 0.15) is 37.8 Å². The summed E-state index contributed by atoms with van der Waals surface area (Å²) in [6.45, 7) is 6.17. The largest absolute Gasteiger partial charge is 0.508 e. The molecule has 2 aromatic rings. The molecule has 1 N–H and O–H groups in total. The summed E-state index contributed by atoms with van der Waals surface area (Å²) in [5.41, 5.74) is 1.74. The Morgan fingerprint density at radius 1 is 0.939 bits per heavy atom. The first kappa shape index (κ1) is 26.1. The van der Waals surface area contributed by atoms with Crippen molar-refractivity contribution >= 4 is 12.0 Å². The Morgan fingerprint density at radius 3 is 2.52 bits per heavy atom. The van der Waals surface area contributed by atoms with Crippen molar-refractivity contribution in [3.8, 4) is 23.0 Å². The van der Waals surface area contributed by atoms with Gasteiger partial charge in [0.1, 0.15) is 18.1 Å². The van der Waals surface area contributed by atoms with Crippen molar-refractivity contribution in [3.05, 3.63) is 53.6 Å². The van der Waals surface area contributed by atoms with Gasteiger partial charge in [-0.3, -0.25) is 0 Å². The van der Waals surface area contributed by atoms with Gasteiger partial charge in [0.25, 0.3) is 0 Å². The van der Waals surface area contributed by atoms with Crippen LogP contribution in [0.4, 0.5) is 0 Å². The first-order valence-electron chi connectivity index (χ1n) is 11.3. The van der Waals surface area contributed by atoms with Crippen LogP contribution < -0.4 is 14.2 Å². The van der Waals surface area contributed by atoms with Crippen LogP contribution in [0.5, 0.6) is 23.0 Å². The monoisotopic (exact) mass is 458 g/mol. The number of phenolic OH excluding ortho intramolecular Hbond substituents is 1. The Kier molecular flexibility index (Phi) is 11.7. The van der Waals surface area contributed by atoms with Gasteiger partial charge in [0, 0.05) is 25.2 Å². The lowest BCUT2D eigenvalue weighted by Crippen LogP contribution is -2.08. The summed E-state index contributed by atoms with van der Waals surface area (Å²) < 4.78 is 27.5. The number of unbranched alkanes of at least 4 members (excludes halogenated alkanes) is 1. The molecule has 33 heavy (non-hydrogen) atoms. The summed E-state index contributed by atoms with van der Waals surface area (Å²) >= 11 is 0. The fourth-order valence-electron chi connectivity index (χ4n) is 2.96. The Hall–Kier alpha value is -3.19. The number of aromatic hydroxyl groups is 1. The highest BCUT2D eigenvalue weighted by Gasteiger charge is 2.09. The minimum atomic E-state index is -0.425. The topological polar surface area (TPSA) is 83.5 Å². The lowest BCUT2D eigenvalue weighted by atomic mass is 10.1. The molecule has 7 heteroatoms. The number of methoxy groups -OCH3 is 1. The molecule has 180 valence electrons. The van der Waals surface area contributed by atoms with Crippen molar-refractivity contribution < 1.29 is 33.6 Å². The van der Waals surface area contributed by atoms with E-state index in [0.717, 1.165) is 24.0 Å². The molecule has 0 fully saturated rings. The molecule has 0 saturated heterocycles. The second kappa shape index (κ2) is 14.8. The van der Waals surface area contributed by atoms with Crippen LogP contribution in [0.15, 0.2) is 42.5 Å². The first-order chi connectivity index (χ1) is 16.1. The van der Waals surface area contributed by atoms with Crippen molar-refractivity contribution in [3.63, 3.8) is 0 Å². The predicted molar refractivity (Wildman–Crippen MR) is 127 cm³/mol. The van der Waals surface area contributed by atoms with E-state index in [0.29, 0.717) is 50.1 Å². The maximum atomic E-state index is 11.8. The van der Waals surface area contributed by atoms with Crippen molar-refractivity contribution in [2.75, 3.05) is 40.1 Å². The molecular formula is C26H34O7. The SMILES string of the molecule is CCCCOc1cc(/C=C/C(=O)OCCOCC)ccc1OCCc1ccc(O)cc1OC. The van der Waals surface area contributed by atoms with Crippen molar-refractivity contribution in [2.24, 2.45) is 0 Å². The predicted octanol–water partition coefficient (Wildman–Crippen LogP) is 4.79. The molecule has 2 rings (SSSR count). The van der Waals surface area contributed by atoms with Crippen LogP contribution in [-0.4, -0.2) is 51.2 Å². The molecule has 0 saturated carbocycles. The summed E-state index contributed by atoms with van der Waals surface area (Å²) in [4.78, 5) is 11.8. The molecule has 0 atom stereocenters. The van der Waals surface area contributed by atoms with Gasteiger partial charge >= 0.3 is 5.97 Å². The van der Waals surface area contributed by atoms with Crippen molar-refractivity contribution in [1.82, 2.24) is 0 Å². The van der Waals surface area contributed by atoms with E-state index in [2.05, 4.69) is 6.92 Å². The average molecular weight is 459 g/mol. The summed E-state index contributed by atoms with van der Waals surface area (Å²) in [6.07, 6.45) is 5.61. The highest BCUT2D eigenvalue weighted by molar-refractivity contribution is 5.87. The van der Waals surface area contributed by atoms with Gasteiger partial charge in [-0.25, -0.2) is 4.79 Å². The molecule has 0 bridgehead atoms. The van der Waals surface area contributed by atoms with E-state index in [9.17, 15) is 9.90 Å². The molecule has 2 aromatic carbocycles. The minimum Gasteiger partial charge on any atom is -0.508 e. The molecule has 0 unspecified atom stereocenters. The van der Waals surface area contributed by atoms with Gasteiger partial charge in [0.05, 0.1) is 26.9 Å². The van der Waals surface area contributed by atoms with E-state index in [1.165, 1.54) is 6.08 Å². The Morgan fingerprint density at radius 2 is 1.76 bits per heavy atom. The zero-order valence-corrected chi connectivity index (χ0v) is 19.7. The fourth-order valence-corrected chi connectivity index (χ4v) is 2.96. The number of rotatable bonds is 15. The van der Waals surface area contributed by atoms with Gasteiger partial charge in [-0.15, -0.1) is 0 Å². The van der Waals surface area contributed by atoms with E-state index < -0.39 is 5.97 Å². The molecule has 0 amide bonds. The van der Waals surface area contributed by atoms with Crippen LogP contribution in [0, 0.1) is 0 Å². The van der Waals surface area contributed by atoms with Gasteiger partial charge in [-0.2, -0.15) is 0 Å². The van der Waals surface area contributed by atoms with Crippen LogP contribution in [0.2, 0.25) is 0 Å². The number of phenols is 1. The summed E-state index contributed by atoms with van der Waals surface area (Å²) in [5, 5.41) is 9.61. The van der Waals surface area contributed by atoms with Crippen LogP contribution in [0.3, 0.4) is 0 Å². The number of carbonyl (C=O) groups is 1. The molecule has 0 aromatic heterocycles. The molecular weight excluding hydrogens is 424 g/mol. The van der Waals surface area contributed by atoms with Crippen LogP contribution in [0.25, 0.3) is 6.08 Å². The molecule has 0 aliphatic rings. The van der Waals surface area contributed by atoms with Gasteiger partial charge in [0.15, 0.2) is 11.5 Å². The van der Waals surface area contributed by atoms with E-state index in [-0.39, 0.29) is 12.4 Å². The van der Waals surface area contributed by atoms with Gasteiger partial charge < -0.3 is 28.8 Å².